The molecule has 0 bridgehead atoms. The van der Waals surface area contributed by atoms with Crippen molar-refractivity contribution < 1.29 is 9.94 Å². The minimum absolute atomic E-state index is 0.0617. The number of nitrogens with two attached hydrogens (primary N) is 1. The first-order valence-corrected chi connectivity index (χ1v) is 7.01. The molecule has 0 radical (unpaired) electrons. The Morgan fingerprint density at radius 1 is 1.24 bits per heavy atom. The van der Waals surface area contributed by atoms with Crippen LogP contribution in [0.5, 0.6) is 5.75 Å². The summed E-state index contributed by atoms with van der Waals surface area (Å²) in [5.41, 5.74) is 8.20. The molecule has 2 aromatic carbocycles. The van der Waals surface area contributed by atoms with Crippen molar-refractivity contribution in [3.05, 3.63) is 52.5 Å². The first-order valence-electron chi connectivity index (χ1n) is 6.22. The normalized spacial score (nSPS) is 11.3. The molecule has 2 aromatic rings. The third kappa shape index (κ3) is 3.28. The summed E-state index contributed by atoms with van der Waals surface area (Å²) in [5, 5.41) is 12.0. The lowest BCUT2D eigenvalue weighted by molar-refractivity contribution is 0.318. The maximum Gasteiger partial charge on any atom is 0.172 e. The van der Waals surface area contributed by atoms with Gasteiger partial charge in [-0.2, -0.15) is 0 Å². The molecule has 6 heteroatoms. The number of rotatable bonds is 4. The lowest BCUT2D eigenvalue weighted by atomic mass is 10.1. The molecule has 0 amide bonds. The second kappa shape index (κ2) is 6.49. The van der Waals surface area contributed by atoms with Gasteiger partial charge in [0.05, 0.1) is 12.8 Å². The molecule has 0 aromatic heterocycles. The number of oxime groups is 1. The van der Waals surface area contributed by atoms with Gasteiger partial charge in [0.15, 0.2) is 5.84 Å². The summed E-state index contributed by atoms with van der Waals surface area (Å²) in [6.07, 6.45) is 0. The molecule has 0 aliphatic rings. The Morgan fingerprint density at radius 2 is 1.90 bits per heavy atom. The fraction of sp³-hybridized carbons (Fsp3) is 0.133. The van der Waals surface area contributed by atoms with Crippen molar-refractivity contribution in [3.8, 4) is 5.75 Å². The lowest BCUT2D eigenvalue weighted by Crippen LogP contribution is -2.19. The number of ether oxygens (including phenoxy) is 1. The Balaban J connectivity index is 2.44. The average molecular weight is 350 g/mol. The molecule has 110 valence electrons. The number of amidine groups is 1. The molecular formula is C15H16BrN3O2. The molecule has 0 aliphatic carbocycles. The first-order chi connectivity index (χ1) is 10.1. The highest BCUT2D eigenvalue weighted by molar-refractivity contribution is 9.10. The Labute approximate surface area is 131 Å². The predicted molar refractivity (Wildman–Crippen MR) is 87.7 cm³/mol. The number of hydrogen-bond acceptors (Lipinski definition) is 4. The van der Waals surface area contributed by atoms with E-state index in [0.29, 0.717) is 5.56 Å². The van der Waals surface area contributed by atoms with Crippen LogP contribution in [0.4, 0.5) is 11.4 Å². The van der Waals surface area contributed by atoms with Crippen LogP contribution in [0.25, 0.3) is 0 Å². The molecule has 0 unspecified atom stereocenters. The average Bonchev–Trinajstić information content (AvgIpc) is 2.53. The summed E-state index contributed by atoms with van der Waals surface area (Å²) in [7, 11) is 3.54. The van der Waals surface area contributed by atoms with E-state index in [4.69, 9.17) is 15.7 Å². The molecule has 0 heterocycles. The fourth-order valence-electron chi connectivity index (χ4n) is 2.00. The van der Waals surface area contributed by atoms with Crippen LogP contribution in [-0.4, -0.2) is 25.2 Å². The quantitative estimate of drug-likeness (QED) is 0.384. The summed E-state index contributed by atoms with van der Waals surface area (Å²) < 4.78 is 6.01. The van der Waals surface area contributed by atoms with Crippen LogP contribution >= 0.6 is 15.9 Å². The monoisotopic (exact) mass is 349 g/mol. The molecule has 21 heavy (non-hydrogen) atoms. The zero-order chi connectivity index (χ0) is 15.4. The van der Waals surface area contributed by atoms with Gasteiger partial charge < -0.3 is 20.6 Å². The van der Waals surface area contributed by atoms with Crippen LogP contribution in [0, 0.1) is 0 Å². The van der Waals surface area contributed by atoms with Crippen LogP contribution in [0.15, 0.2) is 52.1 Å². The highest BCUT2D eigenvalue weighted by Gasteiger charge is 2.13. The summed E-state index contributed by atoms with van der Waals surface area (Å²) in [6, 6.07) is 13.3. The van der Waals surface area contributed by atoms with Crippen LogP contribution in [-0.2, 0) is 0 Å². The molecule has 0 saturated heterocycles. The van der Waals surface area contributed by atoms with Crippen molar-refractivity contribution in [2.45, 2.75) is 0 Å². The molecule has 0 saturated carbocycles. The zero-order valence-electron chi connectivity index (χ0n) is 11.7. The van der Waals surface area contributed by atoms with Crippen molar-refractivity contribution in [1.29, 1.82) is 0 Å². The number of methoxy groups -OCH3 is 1. The lowest BCUT2D eigenvalue weighted by Gasteiger charge is -2.22. The second-order valence-electron chi connectivity index (χ2n) is 4.40. The van der Waals surface area contributed by atoms with Gasteiger partial charge in [-0.15, -0.1) is 0 Å². The van der Waals surface area contributed by atoms with Gasteiger partial charge in [0.1, 0.15) is 5.75 Å². The summed E-state index contributed by atoms with van der Waals surface area (Å²) in [5.74, 6) is 0.853. The maximum atomic E-state index is 8.94. The number of halogens is 1. The van der Waals surface area contributed by atoms with Crippen molar-refractivity contribution in [3.63, 3.8) is 0 Å². The van der Waals surface area contributed by atoms with Crippen LogP contribution in [0.2, 0.25) is 0 Å². The van der Waals surface area contributed by atoms with E-state index in [9.17, 15) is 0 Å². The Kier molecular flexibility index (Phi) is 4.70. The summed E-state index contributed by atoms with van der Waals surface area (Å²) >= 11 is 3.39. The van der Waals surface area contributed by atoms with Gasteiger partial charge >= 0.3 is 0 Å². The minimum Gasteiger partial charge on any atom is -0.497 e. The van der Waals surface area contributed by atoms with Gasteiger partial charge in [0, 0.05) is 22.8 Å². The molecule has 0 atom stereocenters. The van der Waals surface area contributed by atoms with Crippen LogP contribution in [0.3, 0.4) is 0 Å². The van der Waals surface area contributed by atoms with Crippen LogP contribution < -0.4 is 15.4 Å². The van der Waals surface area contributed by atoms with E-state index in [0.717, 1.165) is 21.6 Å². The SMILES string of the molecule is COc1ccc(N(C)c2ccc(Br)cc2/C(N)=N/O)cc1. The van der Waals surface area contributed by atoms with Crippen molar-refractivity contribution in [1.82, 2.24) is 0 Å². The zero-order valence-corrected chi connectivity index (χ0v) is 13.3. The molecule has 3 N–H and O–H groups in total. The largest absolute Gasteiger partial charge is 0.497 e. The standard InChI is InChI=1S/C15H16BrN3O2/c1-19(11-4-6-12(21-2)7-5-11)14-8-3-10(16)9-13(14)15(17)18-20/h3-9,20H,1-2H3,(H2,17,18). The van der Waals surface area contributed by atoms with E-state index in [1.807, 2.05) is 54.4 Å². The van der Waals surface area contributed by atoms with Crippen molar-refractivity contribution in [2.24, 2.45) is 10.9 Å². The van der Waals surface area contributed by atoms with Gasteiger partial charge in [-0.05, 0) is 42.5 Å². The molecule has 0 aliphatic heterocycles. The van der Waals surface area contributed by atoms with E-state index in [1.54, 1.807) is 7.11 Å². The van der Waals surface area contributed by atoms with E-state index < -0.39 is 0 Å². The predicted octanol–water partition coefficient (Wildman–Crippen LogP) is 3.32. The van der Waals surface area contributed by atoms with E-state index in [-0.39, 0.29) is 5.84 Å². The van der Waals surface area contributed by atoms with E-state index in [1.165, 1.54) is 0 Å². The summed E-state index contributed by atoms with van der Waals surface area (Å²) in [4.78, 5) is 1.96. The first kappa shape index (κ1) is 15.2. The molecule has 0 spiro atoms. The number of hydrogen-bond donors (Lipinski definition) is 2. The van der Waals surface area contributed by atoms with Gasteiger partial charge in [-0.1, -0.05) is 21.1 Å². The third-order valence-corrected chi connectivity index (χ3v) is 3.66. The topological polar surface area (TPSA) is 71.1 Å². The number of anilines is 2. The van der Waals surface area contributed by atoms with E-state index in [2.05, 4.69) is 21.1 Å². The smallest absolute Gasteiger partial charge is 0.172 e. The van der Waals surface area contributed by atoms with Gasteiger partial charge in [-0.3, -0.25) is 0 Å². The molecule has 5 nitrogen and oxygen atoms in total. The van der Waals surface area contributed by atoms with Crippen LogP contribution in [0.1, 0.15) is 5.56 Å². The Hall–Kier alpha value is -2.21. The summed E-state index contributed by atoms with van der Waals surface area (Å²) in [6.45, 7) is 0. The fourth-order valence-corrected chi connectivity index (χ4v) is 2.37. The number of benzene rings is 2. The molecule has 2 rings (SSSR count). The van der Waals surface area contributed by atoms with E-state index >= 15 is 0 Å². The van der Waals surface area contributed by atoms with Crippen molar-refractivity contribution in [2.75, 3.05) is 19.1 Å². The second-order valence-corrected chi connectivity index (χ2v) is 5.32. The maximum absolute atomic E-state index is 8.94. The highest BCUT2D eigenvalue weighted by atomic mass is 79.9. The number of nitrogens with zero attached hydrogens (tertiary/aromatic N) is 2. The highest BCUT2D eigenvalue weighted by Crippen LogP contribution is 2.30. The molecule has 0 fully saturated rings. The minimum atomic E-state index is 0.0617. The van der Waals surface area contributed by atoms with Gasteiger partial charge in [0.25, 0.3) is 0 Å². The van der Waals surface area contributed by atoms with Crippen molar-refractivity contribution >= 4 is 33.1 Å². The Morgan fingerprint density at radius 3 is 2.48 bits per heavy atom. The third-order valence-electron chi connectivity index (χ3n) is 3.16. The van der Waals surface area contributed by atoms with Gasteiger partial charge in [0.2, 0.25) is 0 Å². The Bertz CT molecular complexity index is 656. The van der Waals surface area contributed by atoms with Gasteiger partial charge in [-0.25, -0.2) is 0 Å². The molecular weight excluding hydrogens is 334 g/mol.